The molecular weight excluding hydrogens is 524 g/mol. The first-order chi connectivity index (χ1) is 18.8. The number of thiazole rings is 1. The third-order valence-corrected chi connectivity index (χ3v) is 7.33. The average molecular weight is 551 g/mol. The van der Waals surface area contributed by atoms with Gasteiger partial charge in [0.05, 0.1) is 30.5 Å². The number of aliphatic hydroxyl groups is 1. The Kier molecular flexibility index (Phi) is 7.25. The Labute approximate surface area is 228 Å². The minimum Gasteiger partial charge on any atom is -0.507 e. The van der Waals surface area contributed by atoms with E-state index in [1.54, 1.807) is 56.3 Å². The highest BCUT2D eigenvalue weighted by Gasteiger charge is 2.48. The topological polar surface area (TPSA) is 124 Å². The molecule has 10 nitrogen and oxygen atoms in total. The summed E-state index contributed by atoms with van der Waals surface area (Å²) >= 11 is 0.947. The standard InChI is InChI=1S/C28H26N2O8S/c1-4-35-18-8-6-7-16(13-18)22-21(23(31)17-9-10-19-20(14-17)38-12-11-37-19)24(32)26(33)30(22)28-29-15(3)25(39-28)27(34)36-5-2/h6-10,13-14,22,31H,4-5,11-12H2,1-3H3/b23-21+/t22-/m0/s1. The number of benzene rings is 2. The van der Waals surface area contributed by atoms with Crippen LogP contribution in [0.25, 0.3) is 5.76 Å². The number of nitrogens with zero attached hydrogens (tertiary/aromatic N) is 2. The number of esters is 1. The van der Waals surface area contributed by atoms with Gasteiger partial charge in [-0.25, -0.2) is 9.78 Å². The molecule has 2 aromatic carbocycles. The average Bonchev–Trinajstić information content (AvgIpc) is 3.45. The van der Waals surface area contributed by atoms with Gasteiger partial charge in [0.25, 0.3) is 5.78 Å². The summed E-state index contributed by atoms with van der Waals surface area (Å²) < 4.78 is 22.0. The number of rotatable bonds is 7. The summed E-state index contributed by atoms with van der Waals surface area (Å²) in [5.41, 5.74) is 1.04. The summed E-state index contributed by atoms with van der Waals surface area (Å²) in [7, 11) is 0. The molecule has 2 aliphatic heterocycles. The van der Waals surface area contributed by atoms with Gasteiger partial charge in [0.1, 0.15) is 29.6 Å². The van der Waals surface area contributed by atoms with Crippen LogP contribution in [0.3, 0.4) is 0 Å². The normalized spacial score (nSPS) is 17.8. The number of anilines is 1. The van der Waals surface area contributed by atoms with Crippen molar-refractivity contribution in [3.63, 3.8) is 0 Å². The molecule has 11 heteroatoms. The lowest BCUT2D eigenvalue weighted by atomic mass is 9.95. The number of amides is 1. The van der Waals surface area contributed by atoms with Crippen molar-refractivity contribution in [3.8, 4) is 17.2 Å². The molecule has 1 atom stereocenters. The van der Waals surface area contributed by atoms with Gasteiger partial charge < -0.3 is 24.1 Å². The predicted octanol–water partition coefficient (Wildman–Crippen LogP) is 4.42. The second-order valence-electron chi connectivity index (χ2n) is 8.66. The molecule has 3 heterocycles. The zero-order valence-electron chi connectivity index (χ0n) is 21.6. The van der Waals surface area contributed by atoms with Crippen molar-refractivity contribution in [3.05, 3.63) is 69.7 Å². The van der Waals surface area contributed by atoms with E-state index in [0.29, 0.717) is 48.3 Å². The van der Waals surface area contributed by atoms with E-state index in [9.17, 15) is 19.5 Å². The van der Waals surface area contributed by atoms with Crippen LogP contribution in [0, 0.1) is 6.92 Å². The SMILES string of the molecule is CCOC(=O)c1sc(N2C(=O)C(=O)/C(=C(/O)c3ccc4c(c3)OCCO4)[C@@H]2c2cccc(OCC)c2)nc1C. The predicted molar refractivity (Wildman–Crippen MR) is 143 cm³/mol. The van der Waals surface area contributed by atoms with Crippen molar-refractivity contribution in [2.45, 2.75) is 26.8 Å². The van der Waals surface area contributed by atoms with Crippen LogP contribution in [0.2, 0.25) is 0 Å². The Bertz CT molecular complexity index is 1490. The van der Waals surface area contributed by atoms with E-state index >= 15 is 0 Å². The number of carbonyl (C=O) groups is 3. The van der Waals surface area contributed by atoms with E-state index < -0.39 is 23.7 Å². The summed E-state index contributed by atoms with van der Waals surface area (Å²) in [5.74, 6) is -1.25. The van der Waals surface area contributed by atoms with Crippen LogP contribution in [-0.4, -0.2) is 54.2 Å². The zero-order valence-corrected chi connectivity index (χ0v) is 22.4. The highest BCUT2D eigenvalue weighted by Crippen LogP contribution is 2.45. The second kappa shape index (κ2) is 10.8. The van der Waals surface area contributed by atoms with Crippen LogP contribution in [0.5, 0.6) is 17.2 Å². The number of Topliss-reactive ketones (excluding diaryl/α,β-unsaturated/α-hetero) is 1. The summed E-state index contributed by atoms with van der Waals surface area (Å²) in [6.07, 6.45) is 0. The maximum atomic E-state index is 13.5. The van der Waals surface area contributed by atoms with Crippen LogP contribution in [0.15, 0.2) is 48.0 Å². The lowest BCUT2D eigenvalue weighted by Gasteiger charge is -2.23. The number of fused-ring (bicyclic) bond motifs is 1. The van der Waals surface area contributed by atoms with Gasteiger partial charge >= 0.3 is 11.9 Å². The van der Waals surface area contributed by atoms with Crippen LogP contribution >= 0.6 is 11.3 Å². The minimum atomic E-state index is -1.04. The molecule has 1 saturated heterocycles. The summed E-state index contributed by atoms with van der Waals surface area (Å²) in [6.45, 7) is 6.50. The Morgan fingerprint density at radius 3 is 2.62 bits per heavy atom. The molecule has 1 fully saturated rings. The Balaban J connectivity index is 1.67. The van der Waals surface area contributed by atoms with Crippen molar-refractivity contribution in [2.75, 3.05) is 31.3 Å². The third kappa shape index (κ3) is 4.81. The maximum Gasteiger partial charge on any atom is 0.350 e. The quantitative estimate of drug-likeness (QED) is 0.197. The van der Waals surface area contributed by atoms with E-state index in [4.69, 9.17) is 18.9 Å². The van der Waals surface area contributed by atoms with Gasteiger partial charge in [-0.15, -0.1) is 0 Å². The van der Waals surface area contributed by atoms with Gasteiger partial charge in [0.15, 0.2) is 16.6 Å². The first kappa shape index (κ1) is 26.2. The molecule has 0 saturated carbocycles. The molecule has 2 aliphatic rings. The van der Waals surface area contributed by atoms with Crippen molar-refractivity contribution in [1.29, 1.82) is 0 Å². The zero-order chi connectivity index (χ0) is 27.7. The highest BCUT2D eigenvalue weighted by molar-refractivity contribution is 7.17. The molecule has 202 valence electrons. The van der Waals surface area contributed by atoms with Crippen LogP contribution in [0.4, 0.5) is 5.13 Å². The number of aliphatic hydroxyl groups excluding tert-OH is 1. The molecule has 1 aromatic heterocycles. The van der Waals surface area contributed by atoms with E-state index in [2.05, 4.69) is 4.98 Å². The summed E-state index contributed by atoms with van der Waals surface area (Å²) in [6, 6.07) is 10.7. The largest absolute Gasteiger partial charge is 0.507 e. The molecular formula is C28H26N2O8S. The molecule has 0 bridgehead atoms. The molecule has 0 aliphatic carbocycles. The van der Waals surface area contributed by atoms with Crippen LogP contribution < -0.4 is 19.1 Å². The highest BCUT2D eigenvalue weighted by atomic mass is 32.1. The Hall–Kier alpha value is -4.38. The number of ketones is 1. The van der Waals surface area contributed by atoms with E-state index in [1.165, 1.54) is 4.90 Å². The molecule has 0 spiro atoms. The lowest BCUT2D eigenvalue weighted by molar-refractivity contribution is -0.132. The number of hydrogen-bond donors (Lipinski definition) is 1. The maximum absolute atomic E-state index is 13.5. The van der Waals surface area contributed by atoms with Gasteiger partial charge in [0.2, 0.25) is 0 Å². The first-order valence-corrected chi connectivity index (χ1v) is 13.2. The van der Waals surface area contributed by atoms with Crippen molar-refractivity contribution >= 4 is 39.9 Å². The van der Waals surface area contributed by atoms with Crippen LogP contribution in [0.1, 0.15) is 46.4 Å². The van der Waals surface area contributed by atoms with E-state index in [1.807, 2.05) is 6.92 Å². The van der Waals surface area contributed by atoms with E-state index in [-0.39, 0.29) is 33.5 Å². The minimum absolute atomic E-state index is 0.129. The molecule has 3 aromatic rings. The fraction of sp³-hybridized carbons (Fsp3) is 0.286. The van der Waals surface area contributed by atoms with Gasteiger partial charge in [-0.1, -0.05) is 23.5 Å². The van der Waals surface area contributed by atoms with Crippen molar-refractivity contribution in [2.24, 2.45) is 0 Å². The lowest BCUT2D eigenvalue weighted by Crippen LogP contribution is -2.29. The number of aryl methyl sites for hydroxylation is 1. The van der Waals surface area contributed by atoms with Gasteiger partial charge in [-0.3, -0.25) is 14.5 Å². The van der Waals surface area contributed by atoms with Gasteiger partial charge in [0, 0.05) is 5.56 Å². The third-order valence-electron chi connectivity index (χ3n) is 6.20. The molecule has 5 rings (SSSR count). The number of carbonyl (C=O) groups excluding carboxylic acids is 3. The molecule has 39 heavy (non-hydrogen) atoms. The summed E-state index contributed by atoms with van der Waals surface area (Å²) in [4.78, 5) is 45.3. The van der Waals surface area contributed by atoms with Gasteiger partial charge in [-0.2, -0.15) is 0 Å². The molecule has 0 unspecified atom stereocenters. The molecule has 0 radical (unpaired) electrons. The van der Waals surface area contributed by atoms with Crippen molar-refractivity contribution in [1.82, 2.24) is 4.98 Å². The monoisotopic (exact) mass is 550 g/mol. The van der Waals surface area contributed by atoms with Crippen LogP contribution in [-0.2, 0) is 14.3 Å². The smallest absolute Gasteiger partial charge is 0.350 e. The molecule has 1 N–H and O–H groups in total. The fourth-order valence-corrected chi connectivity index (χ4v) is 5.49. The first-order valence-electron chi connectivity index (χ1n) is 12.4. The van der Waals surface area contributed by atoms with Crippen molar-refractivity contribution < 1.29 is 38.4 Å². The molecule has 1 amide bonds. The number of hydrogen-bond acceptors (Lipinski definition) is 10. The fourth-order valence-electron chi connectivity index (χ4n) is 4.50. The van der Waals surface area contributed by atoms with E-state index in [0.717, 1.165) is 11.3 Å². The van der Waals surface area contributed by atoms with Gasteiger partial charge in [-0.05, 0) is 56.7 Å². The Morgan fingerprint density at radius 1 is 1.10 bits per heavy atom. The number of ether oxygens (including phenoxy) is 4. The number of aromatic nitrogens is 1. The Morgan fingerprint density at radius 2 is 1.87 bits per heavy atom. The summed E-state index contributed by atoms with van der Waals surface area (Å²) in [5, 5.41) is 11.6. The second-order valence-corrected chi connectivity index (χ2v) is 9.64.